The van der Waals surface area contributed by atoms with Crippen LogP contribution in [0, 0.1) is 5.92 Å². The minimum Gasteiger partial charge on any atom is -0.478 e. The number of ether oxygens (including phenoxy) is 1. The van der Waals surface area contributed by atoms with Gasteiger partial charge in [-0.3, -0.25) is 9.69 Å². The van der Waals surface area contributed by atoms with Crippen molar-refractivity contribution in [3.8, 4) is 5.75 Å². The molecule has 2 N–H and O–H groups in total. The van der Waals surface area contributed by atoms with E-state index in [1.807, 2.05) is 29.2 Å². The first kappa shape index (κ1) is 21.6. The van der Waals surface area contributed by atoms with Crippen molar-refractivity contribution in [2.24, 2.45) is 11.7 Å². The van der Waals surface area contributed by atoms with Crippen molar-refractivity contribution in [1.29, 1.82) is 0 Å². The van der Waals surface area contributed by atoms with Crippen molar-refractivity contribution in [2.75, 3.05) is 18.0 Å². The molecule has 3 unspecified atom stereocenters. The number of hydrogen-bond acceptors (Lipinski definition) is 4. The molecular formula is C25H39N3O2. The molecule has 3 aliphatic rings. The number of nitrogens with zero attached hydrogens (tertiary/aromatic N) is 2. The van der Waals surface area contributed by atoms with E-state index < -0.39 is 0 Å². The fraction of sp³-hybridized carbons (Fsp3) is 0.720. The summed E-state index contributed by atoms with van der Waals surface area (Å²) in [6.45, 7) is 6.69. The van der Waals surface area contributed by atoms with Gasteiger partial charge in [0.1, 0.15) is 5.75 Å². The standard InChI is InChI=1S/C25H39N3O2/c1-18-9-8-10-19(2)27(18)15-6-3-7-16-28-22-11-4-5-12-23(22)30-24(25(28)29)20-13-14-21(26)17-20/h4-5,11-12,18-21,24H,3,6-10,13-17,26H2,1-2H3/t18-,19+,20?,21?,24?. The molecule has 30 heavy (non-hydrogen) atoms. The number of unbranched alkanes of at least 4 members (excludes halogenated alkanes) is 2. The lowest BCUT2D eigenvalue weighted by Gasteiger charge is -2.39. The second-order valence-corrected chi connectivity index (χ2v) is 9.76. The average molecular weight is 414 g/mol. The number of fused-ring (bicyclic) bond motifs is 1. The molecule has 2 aliphatic heterocycles. The highest BCUT2D eigenvalue weighted by Gasteiger charge is 2.41. The number of rotatable bonds is 7. The first-order valence-corrected chi connectivity index (χ1v) is 12.1. The van der Waals surface area contributed by atoms with Crippen LogP contribution in [-0.4, -0.2) is 48.1 Å². The van der Waals surface area contributed by atoms with Crippen LogP contribution in [0.1, 0.15) is 71.6 Å². The highest BCUT2D eigenvalue weighted by Crippen LogP contribution is 2.39. The van der Waals surface area contributed by atoms with Gasteiger partial charge in [-0.05, 0) is 77.5 Å². The van der Waals surface area contributed by atoms with Crippen molar-refractivity contribution < 1.29 is 9.53 Å². The van der Waals surface area contributed by atoms with E-state index in [2.05, 4.69) is 18.7 Å². The molecule has 1 aromatic carbocycles. The summed E-state index contributed by atoms with van der Waals surface area (Å²) < 4.78 is 6.18. The number of carbonyl (C=O) groups is 1. The Morgan fingerprint density at radius 2 is 1.73 bits per heavy atom. The van der Waals surface area contributed by atoms with Gasteiger partial charge in [0.15, 0.2) is 6.10 Å². The zero-order valence-electron chi connectivity index (χ0n) is 18.8. The van der Waals surface area contributed by atoms with Crippen LogP contribution in [0.4, 0.5) is 5.69 Å². The molecule has 2 heterocycles. The van der Waals surface area contributed by atoms with Gasteiger partial charge in [0, 0.05) is 30.6 Å². The predicted octanol–water partition coefficient (Wildman–Crippen LogP) is 4.34. The van der Waals surface area contributed by atoms with Gasteiger partial charge in [0.25, 0.3) is 5.91 Å². The predicted molar refractivity (Wildman–Crippen MR) is 122 cm³/mol. The van der Waals surface area contributed by atoms with Crippen LogP contribution in [0.25, 0.3) is 0 Å². The van der Waals surface area contributed by atoms with Gasteiger partial charge >= 0.3 is 0 Å². The van der Waals surface area contributed by atoms with E-state index >= 15 is 0 Å². The molecule has 166 valence electrons. The molecule has 5 atom stereocenters. The van der Waals surface area contributed by atoms with E-state index in [4.69, 9.17) is 10.5 Å². The van der Waals surface area contributed by atoms with E-state index in [0.717, 1.165) is 50.1 Å². The molecular weight excluding hydrogens is 374 g/mol. The molecule has 0 bridgehead atoms. The van der Waals surface area contributed by atoms with Crippen molar-refractivity contribution in [3.05, 3.63) is 24.3 Å². The molecule has 1 aromatic rings. The number of carbonyl (C=O) groups excluding carboxylic acids is 1. The summed E-state index contributed by atoms with van der Waals surface area (Å²) in [7, 11) is 0. The molecule has 1 saturated heterocycles. The lowest BCUT2D eigenvalue weighted by atomic mass is 9.96. The van der Waals surface area contributed by atoms with E-state index in [9.17, 15) is 4.79 Å². The Labute approximate surface area is 181 Å². The zero-order chi connectivity index (χ0) is 21.1. The molecule has 0 radical (unpaired) electrons. The van der Waals surface area contributed by atoms with Crippen LogP contribution in [-0.2, 0) is 4.79 Å². The third kappa shape index (κ3) is 4.67. The third-order valence-corrected chi connectivity index (χ3v) is 7.54. The Kier molecular flexibility index (Phi) is 6.99. The van der Waals surface area contributed by atoms with Crippen molar-refractivity contribution in [1.82, 2.24) is 4.90 Å². The number of nitrogens with two attached hydrogens (primary N) is 1. The summed E-state index contributed by atoms with van der Waals surface area (Å²) >= 11 is 0. The van der Waals surface area contributed by atoms with Crippen LogP contribution in [0.3, 0.4) is 0 Å². The van der Waals surface area contributed by atoms with Gasteiger partial charge in [-0.15, -0.1) is 0 Å². The number of anilines is 1. The minimum atomic E-state index is -0.372. The second-order valence-electron chi connectivity index (χ2n) is 9.76. The molecule has 0 spiro atoms. The molecule has 5 heteroatoms. The van der Waals surface area contributed by atoms with Crippen LogP contribution in [0.2, 0.25) is 0 Å². The van der Waals surface area contributed by atoms with Gasteiger partial charge in [-0.25, -0.2) is 0 Å². The highest BCUT2D eigenvalue weighted by molar-refractivity contribution is 6.00. The van der Waals surface area contributed by atoms with Gasteiger partial charge < -0.3 is 15.4 Å². The van der Waals surface area contributed by atoms with E-state index in [-0.39, 0.29) is 24.0 Å². The van der Waals surface area contributed by atoms with Crippen molar-refractivity contribution in [2.45, 2.75) is 95.9 Å². The fourth-order valence-corrected chi connectivity index (χ4v) is 5.75. The van der Waals surface area contributed by atoms with Crippen LogP contribution >= 0.6 is 0 Å². The minimum absolute atomic E-state index is 0.131. The smallest absolute Gasteiger partial charge is 0.268 e. The van der Waals surface area contributed by atoms with Gasteiger partial charge in [0.2, 0.25) is 0 Å². The first-order valence-electron chi connectivity index (χ1n) is 12.1. The van der Waals surface area contributed by atoms with E-state index in [0.29, 0.717) is 12.1 Å². The molecule has 1 saturated carbocycles. The maximum absolute atomic E-state index is 13.3. The Morgan fingerprint density at radius 1 is 1.00 bits per heavy atom. The van der Waals surface area contributed by atoms with E-state index in [1.165, 1.54) is 32.2 Å². The Bertz CT molecular complexity index is 714. The summed E-state index contributed by atoms with van der Waals surface area (Å²) in [5, 5.41) is 0. The zero-order valence-corrected chi connectivity index (χ0v) is 18.8. The number of likely N-dealkylation sites (tertiary alicyclic amines) is 1. The fourth-order valence-electron chi connectivity index (χ4n) is 5.75. The van der Waals surface area contributed by atoms with Gasteiger partial charge in [-0.1, -0.05) is 25.0 Å². The molecule has 5 nitrogen and oxygen atoms in total. The number of para-hydroxylation sites is 2. The van der Waals surface area contributed by atoms with Crippen molar-refractivity contribution in [3.63, 3.8) is 0 Å². The summed E-state index contributed by atoms with van der Waals surface area (Å²) in [6.07, 6.45) is 9.91. The Morgan fingerprint density at radius 3 is 2.47 bits per heavy atom. The van der Waals surface area contributed by atoms with E-state index in [1.54, 1.807) is 0 Å². The van der Waals surface area contributed by atoms with Crippen LogP contribution in [0.5, 0.6) is 5.75 Å². The molecule has 2 fully saturated rings. The van der Waals surface area contributed by atoms with Crippen LogP contribution in [0.15, 0.2) is 24.3 Å². The van der Waals surface area contributed by atoms with Gasteiger partial charge in [-0.2, -0.15) is 0 Å². The molecule has 0 aromatic heterocycles. The Balaban J connectivity index is 1.33. The SMILES string of the molecule is C[C@@H]1CCC[C@H](C)N1CCCCCN1C(=O)C(C2CCC(N)C2)Oc2ccccc21. The molecule has 4 rings (SSSR count). The molecule has 1 aliphatic carbocycles. The normalized spacial score (nSPS) is 32.2. The maximum atomic E-state index is 13.3. The third-order valence-electron chi connectivity index (χ3n) is 7.54. The summed E-state index contributed by atoms with van der Waals surface area (Å²) in [6, 6.07) is 9.62. The summed E-state index contributed by atoms with van der Waals surface area (Å²) in [5.41, 5.74) is 7.05. The summed E-state index contributed by atoms with van der Waals surface area (Å²) in [4.78, 5) is 18.0. The number of piperidine rings is 1. The average Bonchev–Trinajstić information content (AvgIpc) is 3.16. The highest BCUT2D eigenvalue weighted by atomic mass is 16.5. The topological polar surface area (TPSA) is 58.8 Å². The first-order chi connectivity index (χ1) is 14.5. The summed E-state index contributed by atoms with van der Waals surface area (Å²) in [5.74, 6) is 1.22. The largest absolute Gasteiger partial charge is 0.478 e. The maximum Gasteiger partial charge on any atom is 0.268 e. The lowest BCUT2D eigenvalue weighted by molar-refractivity contribution is -0.128. The quantitative estimate of drug-likeness (QED) is 0.676. The van der Waals surface area contributed by atoms with Crippen LogP contribution < -0.4 is 15.4 Å². The van der Waals surface area contributed by atoms with Crippen molar-refractivity contribution >= 4 is 11.6 Å². The number of hydrogen-bond donors (Lipinski definition) is 1. The number of benzene rings is 1. The number of amides is 1. The Hall–Kier alpha value is -1.59. The molecule has 1 amide bonds. The second kappa shape index (κ2) is 9.69. The monoisotopic (exact) mass is 413 g/mol. The van der Waals surface area contributed by atoms with Gasteiger partial charge in [0.05, 0.1) is 5.69 Å². The lowest BCUT2D eigenvalue weighted by Crippen LogP contribution is -2.49.